The summed E-state index contributed by atoms with van der Waals surface area (Å²) in [4.78, 5) is 12.8. The highest BCUT2D eigenvalue weighted by Gasteiger charge is 2.24. The molecule has 1 atom stereocenters. The van der Waals surface area contributed by atoms with E-state index < -0.39 is 0 Å². The zero-order chi connectivity index (χ0) is 21.1. The molecule has 0 radical (unpaired) electrons. The fraction of sp³-hybridized carbons (Fsp3) is 0.250. The number of hydrogen-bond donors (Lipinski definition) is 0. The Labute approximate surface area is 175 Å². The summed E-state index contributed by atoms with van der Waals surface area (Å²) >= 11 is 0. The van der Waals surface area contributed by atoms with E-state index in [1.54, 1.807) is 24.3 Å². The predicted molar refractivity (Wildman–Crippen MR) is 111 cm³/mol. The van der Waals surface area contributed by atoms with Crippen LogP contribution in [-0.4, -0.2) is 29.7 Å². The third-order valence-corrected chi connectivity index (χ3v) is 5.19. The molecule has 2 heterocycles. The lowest BCUT2D eigenvalue weighted by atomic mass is 10.1. The highest BCUT2D eigenvalue weighted by atomic mass is 16.6. The smallest absolute Gasteiger partial charge is 0.202 e. The van der Waals surface area contributed by atoms with Crippen molar-refractivity contribution in [3.05, 3.63) is 77.1 Å². The first-order valence-corrected chi connectivity index (χ1v) is 9.77. The fourth-order valence-electron chi connectivity index (χ4n) is 3.63. The molecule has 152 valence electrons. The van der Waals surface area contributed by atoms with E-state index in [1.807, 2.05) is 44.2 Å². The standard InChI is InChI=1S/C24H22N2O4/c1-16-11-20(21(27)15-29-22-8-4-3-7-18(22)12-25)17(2)26(16)13-19-14-28-23-9-5-6-10-24(23)30-19/h3-11,19H,13-15H2,1-2H3/t19-/m0/s1. The average molecular weight is 402 g/mol. The van der Waals surface area contributed by atoms with Gasteiger partial charge in [0.15, 0.2) is 24.2 Å². The molecule has 0 amide bonds. The first kappa shape index (κ1) is 19.6. The Morgan fingerprint density at radius 3 is 2.70 bits per heavy atom. The minimum Gasteiger partial charge on any atom is -0.486 e. The first-order valence-electron chi connectivity index (χ1n) is 9.77. The van der Waals surface area contributed by atoms with Gasteiger partial charge in [-0.2, -0.15) is 5.26 Å². The largest absolute Gasteiger partial charge is 0.486 e. The number of nitrogens with zero attached hydrogens (tertiary/aromatic N) is 2. The molecule has 4 rings (SSSR count). The van der Waals surface area contributed by atoms with Gasteiger partial charge in [-0.3, -0.25) is 4.79 Å². The normalized spacial score (nSPS) is 14.8. The van der Waals surface area contributed by atoms with Crippen molar-refractivity contribution in [2.45, 2.75) is 26.5 Å². The maximum Gasteiger partial charge on any atom is 0.202 e. The molecule has 2 aromatic carbocycles. The maximum atomic E-state index is 12.8. The summed E-state index contributed by atoms with van der Waals surface area (Å²) in [7, 11) is 0. The van der Waals surface area contributed by atoms with Crippen molar-refractivity contribution in [1.82, 2.24) is 4.57 Å². The van der Waals surface area contributed by atoms with E-state index in [2.05, 4.69) is 10.6 Å². The van der Waals surface area contributed by atoms with Crippen molar-refractivity contribution < 1.29 is 19.0 Å². The number of carbonyl (C=O) groups is 1. The predicted octanol–water partition coefficient (Wildman–Crippen LogP) is 4.08. The lowest BCUT2D eigenvalue weighted by Gasteiger charge is -2.27. The van der Waals surface area contributed by atoms with Crippen LogP contribution in [0.1, 0.15) is 27.3 Å². The van der Waals surface area contributed by atoms with Gasteiger partial charge in [0.05, 0.1) is 12.1 Å². The number of Topliss-reactive ketones (excluding diaryl/α,β-unsaturated/α-hetero) is 1. The van der Waals surface area contributed by atoms with Crippen LogP contribution in [0.2, 0.25) is 0 Å². The molecule has 0 aliphatic carbocycles. The van der Waals surface area contributed by atoms with E-state index in [0.29, 0.717) is 30.0 Å². The highest BCUT2D eigenvalue weighted by molar-refractivity contribution is 5.98. The second-order valence-electron chi connectivity index (χ2n) is 7.21. The first-order chi connectivity index (χ1) is 14.6. The Morgan fingerprint density at radius 2 is 1.90 bits per heavy atom. The molecule has 0 saturated heterocycles. The van der Waals surface area contributed by atoms with Gasteiger partial charge in [0.25, 0.3) is 0 Å². The number of para-hydroxylation sites is 3. The molecular formula is C24H22N2O4. The molecule has 3 aromatic rings. The van der Waals surface area contributed by atoms with E-state index in [4.69, 9.17) is 19.5 Å². The summed E-state index contributed by atoms with van der Waals surface area (Å²) in [5.74, 6) is 1.76. The second kappa shape index (κ2) is 8.34. The van der Waals surface area contributed by atoms with Gasteiger partial charge < -0.3 is 18.8 Å². The molecule has 1 aromatic heterocycles. The molecule has 0 N–H and O–H groups in total. The molecule has 1 aliphatic heterocycles. The van der Waals surface area contributed by atoms with Crippen molar-refractivity contribution >= 4 is 5.78 Å². The van der Waals surface area contributed by atoms with Crippen LogP contribution in [0.15, 0.2) is 54.6 Å². The van der Waals surface area contributed by atoms with Crippen LogP contribution in [0.5, 0.6) is 17.2 Å². The number of aryl methyl sites for hydroxylation is 1. The quantitative estimate of drug-likeness (QED) is 0.581. The van der Waals surface area contributed by atoms with Gasteiger partial charge in [-0.1, -0.05) is 24.3 Å². The summed E-state index contributed by atoms with van der Waals surface area (Å²) in [5.41, 5.74) is 2.84. The third kappa shape index (κ3) is 3.87. The van der Waals surface area contributed by atoms with Crippen LogP contribution >= 0.6 is 0 Å². The third-order valence-electron chi connectivity index (χ3n) is 5.19. The van der Waals surface area contributed by atoms with Crippen LogP contribution < -0.4 is 14.2 Å². The lowest BCUT2D eigenvalue weighted by Crippen LogP contribution is -2.33. The molecule has 1 aliphatic rings. The molecule has 0 unspecified atom stereocenters. The molecule has 6 heteroatoms. The molecule has 0 spiro atoms. The van der Waals surface area contributed by atoms with E-state index in [0.717, 1.165) is 22.9 Å². The van der Waals surface area contributed by atoms with Crippen LogP contribution in [0.4, 0.5) is 0 Å². The van der Waals surface area contributed by atoms with Crippen LogP contribution in [0, 0.1) is 25.2 Å². The van der Waals surface area contributed by atoms with Crippen molar-refractivity contribution in [1.29, 1.82) is 5.26 Å². The molecular weight excluding hydrogens is 380 g/mol. The van der Waals surface area contributed by atoms with Crippen LogP contribution in [0.3, 0.4) is 0 Å². The van der Waals surface area contributed by atoms with Crippen molar-refractivity contribution in [2.75, 3.05) is 13.2 Å². The second-order valence-corrected chi connectivity index (χ2v) is 7.21. The molecule has 0 saturated carbocycles. The summed E-state index contributed by atoms with van der Waals surface area (Å²) in [5, 5.41) is 9.16. The fourth-order valence-corrected chi connectivity index (χ4v) is 3.63. The van der Waals surface area contributed by atoms with Crippen molar-refractivity contribution in [3.63, 3.8) is 0 Å². The topological polar surface area (TPSA) is 73.5 Å². The Bertz CT molecular complexity index is 1130. The number of aromatic nitrogens is 1. The number of nitriles is 1. The number of hydrogen-bond acceptors (Lipinski definition) is 5. The molecule has 0 bridgehead atoms. The summed E-state index contributed by atoms with van der Waals surface area (Å²) in [6, 6.07) is 18.4. The number of benzene rings is 2. The van der Waals surface area contributed by atoms with Crippen molar-refractivity contribution in [2.24, 2.45) is 0 Å². The zero-order valence-electron chi connectivity index (χ0n) is 16.9. The zero-order valence-corrected chi connectivity index (χ0v) is 16.9. The van der Waals surface area contributed by atoms with E-state index in [-0.39, 0.29) is 18.5 Å². The summed E-state index contributed by atoms with van der Waals surface area (Å²) < 4.78 is 19.5. The number of ether oxygens (including phenoxy) is 3. The van der Waals surface area contributed by atoms with Crippen LogP contribution in [-0.2, 0) is 6.54 Å². The summed E-state index contributed by atoms with van der Waals surface area (Å²) in [6.45, 7) is 4.79. The van der Waals surface area contributed by atoms with E-state index in [9.17, 15) is 4.79 Å². The monoisotopic (exact) mass is 402 g/mol. The number of ketones is 1. The minimum atomic E-state index is -0.147. The maximum absolute atomic E-state index is 12.8. The average Bonchev–Trinajstić information content (AvgIpc) is 3.06. The van der Waals surface area contributed by atoms with Gasteiger partial charge in [0.2, 0.25) is 5.78 Å². The van der Waals surface area contributed by atoms with Gasteiger partial charge in [0.1, 0.15) is 18.4 Å². The van der Waals surface area contributed by atoms with Gasteiger partial charge in [-0.15, -0.1) is 0 Å². The highest BCUT2D eigenvalue weighted by Crippen LogP contribution is 2.31. The lowest BCUT2D eigenvalue weighted by molar-refractivity contribution is 0.0777. The molecule has 30 heavy (non-hydrogen) atoms. The number of rotatable bonds is 6. The Balaban J connectivity index is 1.46. The summed E-state index contributed by atoms with van der Waals surface area (Å²) in [6.07, 6.45) is -0.147. The van der Waals surface area contributed by atoms with Gasteiger partial charge in [-0.25, -0.2) is 0 Å². The van der Waals surface area contributed by atoms with Gasteiger partial charge >= 0.3 is 0 Å². The Kier molecular flexibility index (Phi) is 5.44. The number of carbonyl (C=O) groups excluding carboxylic acids is 1. The molecule has 6 nitrogen and oxygen atoms in total. The van der Waals surface area contributed by atoms with Gasteiger partial charge in [-0.05, 0) is 44.2 Å². The van der Waals surface area contributed by atoms with Crippen LogP contribution in [0.25, 0.3) is 0 Å². The minimum absolute atomic E-state index is 0.126. The Hall–Kier alpha value is -3.72. The number of fused-ring (bicyclic) bond motifs is 1. The van der Waals surface area contributed by atoms with E-state index in [1.165, 1.54) is 0 Å². The SMILES string of the molecule is Cc1cc(C(=O)COc2ccccc2C#N)c(C)n1C[C@H]1COc2ccccc2O1. The van der Waals surface area contributed by atoms with Crippen molar-refractivity contribution in [3.8, 4) is 23.3 Å². The van der Waals surface area contributed by atoms with E-state index >= 15 is 0 Å². The molecule has 0 fully saturated rings. The Morgan fingerprint density at radius 1 is 1.17 bits per heavy atom. The van der Waals surface area contributed by atoms with Gasteiger partial charge in [0, 0.05) is 17.0 Å².